The summed E-state index contributed by atoms with van der Waals surface area (Å²) >= 11 is 0. The van der Waals surface area contributed by atoms with E-state index >= 15 is 0 Å². The topological polar surface area (TPSA) is 17.8 Å². The molecule has 0 amide bonds. The summed E-state index contributed by atoms with van der Waals surface area (Å²) in [5.41, 5.74) is 0. The van der Waals surface area contributed by atoms with Crippen LogP contribution in [0.25, 0.3) is 0 Å². The molecule has 0 unspecified atom stereocenters. The van der Waals surface area contributed by atoms with Gasteiger partial charge < -0.3 is 21.5 Å². The fourth-order valence-electron chi connectivity index (χ4n) is 0.760. The van der Waals surface area contributed by atoms with Gasteiger partial charge in [0, 0.05) is 18.9 Å². The van der Waals surface area contributed by atoms with Gasteiger partial charge in [0.25, 0.3) is 0 Å². The zero-order valence-electron chi connectivity index (χ0n) is 7.13. The first-order valence-electron chi connectivity index (χ1n) is 3.39. The molecule has 1 rings (SSSR count). The monoisotopic (exact) mass is 226 g/mol. The number of hydrogen-bond acceptors (Lipinski definition) is 1. The van der Waals surface area contributed by atoms with Gasteiger partial charge in [0.05, 0.1) is 6.33 Å². The fraction of sp³-hybridized carbons (Fsp3) is 0.571. The van der Waals surface area contributed by atoms with Crippen LogP contribution in [-0.2, 0) is 6.54 Å². The SMILES string of the molecule is CCCCn1ccnc1.[Br-].[Na+]. The van der Waals surface area contributed by atoms with Crippen LogP contribution in [0.3, 0.4) is 0 Å². The van der Waals surface area contributed by atoms with Crippen molar-refractivity contribution in [2.45, 2.75) is 26.3 Å². The van der Waals surface area contributed by atoms with Crippen LogP contribution >= 0.6 is 0 Å². The number of aryl methyl sites for hydroxylation is 1. The van der Waals surface area contributed by atoms with Crippen molar-refractivity contribution in [1.29, 1.82) is 0 Å². The van der Waals surface area contributed by atoms with Crippen molar-refractivity contribution in [1.82, 2.24) is 9.55 Å². The molecule has 1 heterocycles. The minimum Gasteiger partial charge on any atom is -1.00 e. The molecular formula is C7H12BrN2Na. The Morgan fingerprint density at radius 1 is 1.45 bits per heavy atom. The third-order valence-electron chi connectivity index (χ3n) is 1.33. The minimum absolute atomic E-state index is 0. The number of hydrogen-bond donors (Lipinski definition) is 0. The van der Waals surface area contributed by atoms with Crippen LogP contribution in [0, 0.1) is 0 Å². The maximum absolute atomic E-state index is 3.94. The predicted octanol–water partition coefficient (Wildman–Crippen LogP) is -4.31. The van der Waals surface area contributed by atoms with Crippen LogP contribution in [0.1, 0.15) is 19.8 Å². The van der Waals surface area contributed by atoms with Gasteiger partial charge in [-0.1, -0.05) is 13.3 Å². The van der Waals surface area contributed by atoms with E-state index in [9.17, 15) is 0 Å². The Balaban J connectivity index is 0. The van der Waals surface area contributed by atoms with Gasteiger partial charge >= 0.3 is 29.6 Å². The molecule has 0 radical (unpaired) electrons. The van der Waals surface area contributed by atoms with E-state index in [1.807, 2.05) is 18.7 Å². The van der Waals surface area contributed by atoms with Crippen LogP contribution in [-0.4, -0.2) is 9.55 Å². The number of rotatable bonds is 3. The molecular weight excluding hydrogens is 215 g/mol. The zero-order chi connectivity index (χ0) is 6.53. The van der Waals surface area contributed by atoms with Crippen molar-refractivity contribution in [3.05, 3.63) is 18.7 Å². The average Bonchev–Trinajstić information content (AvgIpc) is 2.34. The van der Waals surface area contributed by atoms with E-state index in [0.717, 1.165) is 6.54 Å². The van der Waals surface area contributed by atoms with Crippen LogP contribution in [0.2, 0.25) is 0 Å². The fourth-order valence-corrected chi connectivity index (χ4v) is 0.760. The second-order valence-corrected chi connectivity index (χ2v) is 2.15. The smallest absolute Gasteiger partial charge is 1.00 e. The van der Waals surface area contributed by atoms with Gasteiger partial charge in [-0.3, -0.25) is 0 Å². The number of nitrogens with zero attached hydrogens (tertiary/aromatic N) is 2. The largest absolute Gasteiger partial charge is 1.00 e. The van der Waals surface area contributed by atoms with E-state index < -0.39 is 0 Å². The molecule has 4 heteroatoms. The van der Waals surface area contributed by atoms with Gasteiger partial charge in [0.2, 0.25) is 0 Å². The molecule has 2 nitrogen and oxygen atoms in total. The molecule has 0 aliphatic carbocycles. The molecule has 0 fully saturated rings. The minimum atomic E-state index is 0. The van der Waals surface area contributed by atoms with Crippen molar-refractivity contribution >= 4 is 0 Å². The quantitative estimate of drug-likeness (QED) is 0.478. The van der Waals surface area contributed by atoms with Gasteiger partial charge in [-0.2, -0.15) is 0 Å². The molecule has 0 spiro atoms. The molecule has 1 aromatic heterocycles. The van der Waals surface area contributed by atoms with E-state index in [0.29, 0.717) is 0 Å². The summed E-state index contributed by atoms with van der Waals surface area (Å²) in [6.07, 6.45) is 8.16. The summed E-state index contributed by atoms with van der Waals surface area (Å²) in [4.78, 5) is 3.94. The number of imidazole rings is 1. The Morgan fingerprint density at radius 3 is 2.64 bits per heavy atom. The summed E-state index contributed by atoms with van der Waals surface area (Å²) in [7, 11) is 0. The molecule has 1 aromatic rings. The first kappa shape index (κ1) is 14.2. The van der Waals surface area contributed by atoms with Crippen molar-refractivity contribution in [3.8, 4) is 0 Å². The van der Waals surface area contributed by atoms with Crippen LogP contribution in [0.15, 0.2) is 18.7 Å². The summed E-state index contributed by atoms with van der Waals surface area (Å²) < 4.78 is 2.10. The molecule has 0 aliphatic rings. The molecule has 0 N–H and O–H groups in total. The summed E-state index contributed by atoms with van der Waals surface area (Å²) in [5, 5.41) is 0. The van der Waals surface area contributed by atoms with E-state index in [-0.39, 0.29) is 46.5 Å². The normalized spacial score (nSPS) is 8.09. The van der Waals surface area contributed by atoms with Gasteiger partial charge in [0.15, 0.2) is 0 Å². The number of aromatic nitrogens is 2. The van der Waals surface area contributed by atoms with E-state index in [2.05, 4.69) is 16.5 Å². The van der Waals surface area contributed by atoms with Gasteiger partial charge in [-0.25, -0.2) is 4.98 Å². The Morgan fingerprint density at radius 2 is 2.18 bits per heavy atom. The molecule has 0 saturated carbocycles. The maximum atomic E-state index is 3.94. The maximum Gasteiger partial charge on any atom is 1.00 e. The second kappa shape index (κ2) is 8.78. The zero-order valence-corrected chi connectivity index (χ0v) is 10.7. The van der Waals surface area contributed by atoms with Gasteiger partial charge in [0.1, 0.15) is 0 Å². The molecule has 11 heavy (non-hydrogen) atoms. The Labute approximate surface area is 100 Å². The molecule has 58 valence electrons. The van der Waals surface area contributed by atoms with E-state index in [4.69, 9.17) is 0 Å². The molecule has 0 bridgehead atoms. The Bertz CT molecular complexity index is 153. The molecule has 0 aromatic carbocycles. The first-order chi connectivity index (χ1) is 4.43. The molecule has 0 aliphatic heterocycles. The Hall–Kier alpha value is 0.690. The summed E-state index contributed by atoms with van der Waals surface area (Å²) in [6.45, 7) is 3.30. The third kappa shape index (κ3) is 5.91. The standard InChI is InChI=1S/C7H12N2.BrH.Na/c1-2-3-5-9-6-4-8-7-9;;/h4,6-7H,2-3,5H2,1H3;1H;/q;;+1/p-1. The summed E-state index contributed by atoms with van der Waals surface area (Å²) in [5.74, 6) is 0. The third-order valence-corrected chi connectivity index (χ3v) is 1.33. The predicted molar refractivity (Wildman–Crippen MR) is 37.1 cm³/mol. The number of halogens is 1. The van der Waals surface area contributed by atoms with Crippen molar-refractivity contribution in [3.63, 3.8) is 0 Å². The number of unbranched alkanes of at least 4 members (excludes halogenated alkanes) is 1. The van der Waals surface area contributed by atoms with Crippen molar-refractivity contribution < 1.29 is 46.5 Å². The van der Waals surface area contributed by atoms with Crippen LogP contribution in [0.4, 0.5) is 0 Å². The second-order valence-electron chi connectivity index (χ2n) is 2.15. The first-order valence-corrected chi connectivity index (χ1v) is 3.39. The Kier molecular flexibility index (Phi) is 11.4. The van der Waals surface area contributed by atoms with E-state index in [1.165, 1.54) is 12.8 Å². The van der Waals surface area contributed by atoms with Gasteiger partial charge in [-0.05, 0) is 6.42 Å². The van der Waals surface area contributed by atoms with Crippen LogP contribution in [0.5, 0.6) is 0 Å². The van der Waals surface area contributed by atoms with Gasteiger partial charge in [-0.15, -0.1) is 0 Å². The molecule has 0 atom stereocenters. The van der Waals surface area contributed by atoms with E-state index in [1.54, 1.807) is 0 Å². The van der Waals surface area contributed by atoms with Crippen molar-refractivity contribution in [2.24, 2.45) is 0 Å². The summed E-state index contributed by atoms with van der Waals surface area (Å²) in [6, 6.07) is 0. The average molecular weight is 227 g/mol. The van der Waals surface area contributed by atoms with Crippen molar-refractivity contribution in [2.75, 3.05) is 0 Å². The van der Waals surface area contributed by atoms with Crippen LogP contribution < -0.4 is 46.5 Å². The molecule has 0 saturated heterocycles.